The zero-order valence-electron chi connectivity index (χ0n) is 9.19. The van der Waals surface area contributed by atoms with Crippen molar-refractivity contribution in [3.63, 3.8) is 0 Å². The van der Waals surface area contributed by atoms with Crippen molar-refractivity contribution in [2.75, 3.05) is 13.7 Å². The molecule has 2 aromatic rings. The number of rotatable bonds is 2. The first-order valence-corrected chi connectivity index (χ1v) is 5.55. The van der Waals surface area contributed by atoms with E-state index in [1.807, 2.05) is 18.2 Å². The Hall–Kier alpha value is -1.55. The number of benzene rings is 1. The summed E-state index contributed by atoms with van der Waals surface area (Å²) in [4.78, 5) is 4.49. The molecule has 1 aromatic carbocycles. The van der Waals surface area contributed by atoms with Gasteiger partial charge < -0.3 is 14.5 Å². The Morgan fingerprint density at radius 1 is 1.50 bits per heavy atom. The standard InChI is InChI=1S/C12H14N2O2/c1-15-8-4-5-11-10(7-8)14-12(16-11)9-3-2-6-13-9/h4-5,7,9,13H,2-3,6H2,1H3. The Labute approximate surface area is 93.6 Å². The highest BCUT2D eigenvalue weighted by molar-refractivity contribution is 5.74. The van der Waals surface area contributed by atoms with Crippen molar-refractivity contribution in [2.24, 2.45) is 0 Å². The summed E-state index contributed by atoms with van der Waals surface area (Å²) in [6.07, 6.45) is 2.29. The molecule has 0 bridgehead atoms. The number of aromatic nitrogens is 1. The van der Waals surface area contributed by atoms with Crippen LogP contribution < -0.4 is 10.1 Å². The molecule has 1 aromatic heterocycles. The third-order valence-electron chi connectivity index (χ3n) is 2.97. The maximum absolute atomic E-state index is 5.72. The summed E-state index contributed by atoms with van der Waals surface area (Å²) in [7, 11) is 1.65. The van der Waals surface area contributed by atoms with Gasteiger partial charge in [0.2, 0.25) is 5.89 Å². The minimum atomic E-state index is 0.276. The van der Waals surface area contributed by atoms with E-state index in [1.54, 1.807) is 7.11 Å². The third kappa shape index (κ3) is 1.55. The van der Waals surface area contributed by atoms with E-state index in [-0.39, 0.29) is 6.04 Å². The van der Waals surface area contributed by atoms with Crippen LogP contribution in [0.4, 0.5) is 0 Å². The van der Waals surface area contributed by atoms with Crippen molar-refractivity contribution in [1.29, 1.82) is 0 Å². The van der Waals surface area contributed by atoms with Gasteiger partial charge in [-0.3, -0.25) is 0 Å². The maximum atomic E-state index is 5.72. The molecule has 1 fully saturated rings. The number of hydrogen-bond acceptors (Lipinski definition) is 4. The Morgan fingerprint density at radius 3 is 3.19 bits per heavy atom. The first-order valence-electron chi connectivity index (χ1n) is 5.55. The number of nitrogens with zero attached hydrogens (tertiary/aromatic N) is 1. The van der Waals surface area contributed by atoms with Gasteiger partial charge in [0.05, 0.1) is 13.2 Å². The molecule has 1 saturated heterocycles. The van der Waals surface area contributed by atoms with Crippen LogP contribution in [0, 0.1) is 0 Å². The zero-order chi connectivity index (χ0) is 11.0. The van der Waals surface area contributed by atoms with Crippen molar-refractivity contribution < 1.29 is 9.15 Å². The molecular weight excluding hydrogens is 204 g/mol. The molecule has 0 aliphatic carbocycles. The summed E-state index contributed by atoms with van der Waals surface area (Å²) in [5, 5.41) is 3.37. The molecule has 4 nitrogen and oxygen atoms in total. The second-order valence-electron chi connectivity index (χ2n) is 4.03. The number of methoxy groups -OCH3 is 1. The highest BCUT2D eigenvalue weighted by Crippen LogP contribution is 2.27. The van der Waals surface area contributed by atoms with Crippen LogP contribution in [0.5, 0.6) is 5.75 Å². The minimum Gasteiger partial charge on any atom is -0.497 e. The molecule has 3 rings (SSSR count). The van der Waals surface area contributed by atoms with Gasteiger partial charge in [0.15, 0.2) is 5.58 Å². The number of oxazole rings is 1. The number of nitrogens with one attached hydrogen (secondary N) is 1. The highest BCUT2D eigenvalue weighted by Gasteiger charge is 2.21. The van der Waals surface area contributed by atoms with Gasteiger partial charge in [-0.2, -0.15) is 0 Å². The lowest BCUT2D eigenvalue weighted by atomic mass is 10.2. The molecule has 16 heavy (non-hydrogen) atoms. The van der Waals surface area contributed by atoms with Crippen molar-refractivity contribution in [2.45, 2.75) is 18.9 Å². The summed E-state index contributed by atoms with van der Waals surface area (Å²) < 4.78 is 10.9. The van der Waals surface area contributed by atoms with E-state index in [0.717, 1.165) is 35.7 Å². The second-order valence-corrected chi connectivity index (χ2v) is 4.03. The fourth-order valence-electron chi connectivity index (χ4n) is 2.10. The fourth-order valence-corrected chi connectivity index (χ4v) is 2.10. The lowest BCUT2D eigenvalue weighted by Gasteiger charge is -2.02. The topological polar surface area (TPSA) is 47.3 Å². The van der Waals surface area contributed by atoms with E-state index >= 15 is 0 Å². The second kappa shape index (κ2) is 3.79. The van der Waals surface area contributed by atoms with Crippen molar-refractivity contribution in [1.82, 2.24) is 10.3 Å². The van der Waals surface area contributed by atoms with Gasteiger partial charge in [0.25, 0.3) is 0 Å². The average Bonchev–Trinajstić information content (AvgIpc) is 2.96. The fraction of sp³-hybridized carbons (Fsp3) is 0.417. The normalized spacial score (nSPS) is 20.4. The highest BCUT2D eigenvalue weighted by atomic mass is 16.5. The Kier molecular flexibility index (Phi) is 2.29. The predicted molar refractivity (Wildman–Crippen MR) is 60.5 cm³/mol. The smallest absolute Gasteiger partial charge is 0.212 e. The van der Waals surface area contributed by atoms with Gasteiger partial charge in [-0.05, 0) is 31.5 Å². The molecule has 0 radical (unpaired) electrons. The lowest BCUT2D eigenvalue weighted by molar-refractivity contribution is 0.415. The first-order chi connectivity index (χ1) is 7.86. The van der Waals surface area contributed by atoms with Crippen molar-refractivity contribution in [3.05, 3.63) is 24.1 Å². The van der Waals surface area contributed by atoms with Crippen LogP contribution in [-0.2, 0) is 0 Å². The quantitative estimate of drug-likeness (QED) is 0.839. The molecule has 84 valence electrons. The number of fused-ring (bicyclic) bond motifs is 1. The number of ether oxygens (including phenoxy) is 1. The van der Waals surface area contributed by atoms with E-state index < -0.39 is 0 Å². The third-order valence-corrected chi connectivity index (χ3v) is 2.97. The van der Waals surface area contributed by atoms with Gasteiger partial charge in [-0.1, -0.05) is 0 Å². The molecular formula is C12H14N2O2. The SMILES string of the molecule is COc1ccc2oc(C3CCCN3)nc2c1. The largest absolute Gasteiger partial charge is 0.497 e. The van der Waals surface area contributed by atoms with Crippen LogP contribution >= 0.6 is 0 Å². The van der Waals surface area contributed by atoms with Gasteiger partial charge in [-0.15, -0.1) is 0 Å². The minimum absolute atomic E-state index is 0.276. The lowest BCUT2D eigenvalue weighted by Crippen LogP contribution is -2.12. The molecule has 1 N–H and O–H groups in total. The van der Waals surface area contributed by atoms with E-state index in [1.165, 1.54) is 6.42 Å². The Balaban J connectivity index is 2.01. The van der Waals surface area contributed by atoms with Gasteiger partial charge in [-0.25, -0.2) is 4.98 Å². The molecule has 0 saturated carbocycles. The van der Waals surface area contributed by atoms with Crippen molar-refractivity contribution in [3.8, 4) is 5.75 Å². The average molecular weight is 218 g/mol. The number of hydrogen-bond donors (Lipinski definition) is 1. The zero-order valence-corrected chi connectivity index (χ0v) is 9.19. The van der Waals surface area contributed by atoms with E-state index in [0.29, 0.717) is 0 Å². The Bertz CT molecular complexity index is 501. The molecule has 0 amide bonds. The molecule has 1 aliphatic heterocycles. The predicted octanol–water partition coefficient (Wildman–Crippen LogP) is 2.26. The van der Waals surface area contributed by atoms with Gasteiger partial charge in [0, 0.05) is 6.07 Å². The molecule has 4 heteroatoms. The van der Waals surface area contributed by atoms with E-state index in [2.05, 4.69) is 10.3 Å². The first kappa shape index (κ1) is 9.66. The summed E-state index contributed by atoms with van der Waals surface area (Å²) in [6, 6.07) is 5.97. The summed E-state index contributed by atoms with van der Waals surface area (Å²) in [5.41, 5.74) is 1.69. The van der Waals surface area contributed by atoms with Crippen LogP contribution in [-0.4, -0.2) is 18.6 Å². The van der Waals surface area contributed by atoms with Crippen LogP contribution in [0.25, 0.3) is 11.1 Å². The molecule has 1 unspecified atom stereocenters. The van der Waals surface area contributed by atoms with Gasteiger partial charge >= 0.3 is 0 Å². The maximum Gasteiger partial charge on any atom is 0.212 e. The van der Waals surface area contributed by atoms with Crippen LogP contribution in [0.3, 0.4) is 0 Å². The van der Waals surface area contributed by atoms with E-state index in [4.69, 9.17) is 9.15 Å². The summed E-state index contributed by atoms with van der Waals surface area (Å²) in [5.74, 6) is 1.60. The van der Waals surface area contributed by atoms with Gasteiger partial charge in [0.1, 0.15) is 11.3 Å². The van der Waals surface area contributed by atoms with Crippen LogP contribution in [0.1, 0.15) is 24.8 Å². The molecule has 1 aliphatic rings. The summed E-state index contributed by atoms with van der Waals surface area (Å²) >= 11 is 0. The molecule has 2 heterocycles. The monoisotopic (exact) mass is 218 g/mol. The van der Waals surface area contributed by atoms with Crippen molar-refractivity contribution >= 4 is 11.1 Å². The molecule has 0 spiro atoms. The van der Waals surface area contributed by atoms with Crippen LogP contribution in [0.2, 0.25) is 0 Å². The summed E-state index contributed by atoms with van der Waals surface area (Å²) in [6.45, 7) is 1.05. The Morgan fingerprint density at radius 2 is 2.44 bits per heavy atom. The van der Waals surface area contributed by atoms with Crippen LogP contribution in [0.15, 0.2) is 22.6 Å². The molecule has 1 atom stereocenters. The van der Waals surface area contributed by atoms with E-state index in [9.17, 15) is 0 Å².